The number of benzene rings is 1. The van der Waals surface area contributed by atoms with Crippen LogP contribution in [0.2, 0.25) is 0 Å². The molecule has 8 heteroatoms. The molecule has 1 aromatic rings. The first-order valence-corrected chi connectivity index (χ1v) is 5.98. The van der Waals surface area contributed by atoms with Crippen LogP contribution in [0.1, 0.15) is 5.56 Å². The Morgan fingerprint density at radius 1 is 1.27 bits per heavy atom. The van der Waals surface area contributed by atoms with Crippen molar-refractivity contribution in [2.75, 3.05) is 0 Å². The van der Waals surface area contributed by atoms with E-state index in [1.54, 1.807) is 0 Å². The van der Waals surface area contributed by atoms with E-state index in [1.165, 1.54) is 0 Å². The Labute approximate surface area is 87.5 Å². The maximum atomic E-state index is 12.7. The van der Waals surface area contributed by atoms with E-state index in [2.05, 4.69) is 0 Å². The van der Waals surface area contributed by atoms with E-state index in [0.717, 1.165) is 0 Å². The van der Waals surface area contributed by atoms with Crippen LogP contribution in [0.25, 0.3) is 0 Å². The molecule has 0 unspecified atom stereocenters. The fourth-order valence-corrected chi connectivity index (χ4v) is 1.87. The van der Waals surface area contributed by atoms with E-state index >= 15 is 0 Å². The van der Waals surface area contributed by atoms with Crippen molar-refractivity contribution in [1.82, 2.24) is 0 Å². The van der Waals surface area contributed by atoms with Crippen molar-refractivity contribution in [1.29, 1.82) is 0 Å². The molecular formula is C7H4ClF3O3S. The molecule has 0 amide bonds. The molecule has 0 heterocycles. The first-order valence-electron chi connectivity index (χ1n) is 3.50. The highest BCUT2D eigenvalue weighted by atomic mass is 35.7. The summed E-state index contributed by atoms with van der Waals surface area (Å²) in [6.45, 7) is 0. The number of phenolic OH excluding ortho intramolecular Hbond substituents is 1. The predicted octanol–water partition coefficient (Wildman–Crippen LogP) is 1.88. The normalized spacial score (nSPS) is 11.7. The highest BCUT2D eigenvalue weighted by molar-refractivity contribution is 8.13. The molecule has 1 N–H and O–H groups in total. The van der Waals surface area contributed by atoms with E-state index in [1.807, 2.05) is 0 Å². The summed E-state index contributed by atoms with van der Waals surface area (Å²) in [4.78, 5) is 0. The third-order valence-corrected chi connectivity index (χ3v) is 2.53. The highest BCUT2D eigenvalue weighted by Gasteiger charge is 2.21. The summed E-state index contributed by atoms with van der Waals surface area (Å²) in [5, 5.41) is 8.96. The number of phenols is 1. The lowest BCUT2D eigenvalue weighted by Gasteiger charge is -2.04. The van der Waals surface area contributed by atoms with Gasteiger partial charge in [-0.15, -0.1) is 0 Å². The van der Waals surface area contributed by atoms with Gasteiger partial charge in [0.1, 0.15) is 0 Å². The average molecular weight is 261 g/mol. The van der Waals surface area contributed by atoms with Crippen molar-refractivity contribution in [3.8, 4) is 5.75 Å². The van der Waals surface area contributed by atoms with Gasteiger partial charge in [-0.25, -0.2) is 17.2 Å². The Morgan fingerprint density at radius 3 is 2.27 bits per heavy atom. The molecule has 1 aromatic carbocycles. The molecule has 1 rings (SSSR count). The lowest BCUT2D eigenvalue weighted by molar-refractivity contribution is 0.383. The second-order valence-electron chi connectivity index (χ2n) is 2.68. The molecule has 0 aliphatic heterocycles. The Hall–Kier alpha value is -0.950. The van der Waals surface area contributed by atoms with Gasteiger partial charge in [0.25, 0.3) is 0 Å². The fourth-order valence-electron chi connectivity index (χ4n) is 0.930. The second kappa shape index (κ2) is 3.90. The number of rotatable bonds is 2. The van der Waals surface area contributed by atoms with Crippen LogP contribution in [0.3, 0.4) is 0 Å². The Balaban J connectivity index is 3.33. The molecule has 0 atom stereocenters. The predicted molar refractivity (Wildman–Crippen MR) is 46.5 cm³/mol. The van der Waals surface area contributed by atoms with Crippen molar-refractivity contribution >= 4 is 19.7 Å². The number of halogens is 4. The third-order valence-electron chi connectivity index (χ3n) is 1.54. The number of hydrogen-bond acceptors (Lipinski definition) is 3. The molecule has 0 saturated carbocycles. The monoisotopic (exact) mass is 260 g/mol. The largest absolute Gasteiger partial charge is 0.505 e. The summed E-state index contributed by atoms with van der Waals surface area (Å²) < 4.78 is 59.0. The topological polar surface area (TPSA) is 54.4 Å². The minimum atomic E-state index is -4.09. The Bertz CT molecular complexity index is 501. The summed E-state index contributed by atoms with van der Waals surface area (Å²) in [5.41, 5.74) is -0.638. The van der Waals surface area contributed by atoms with Gasteiger partial charge in [0, 0.05) is 16.2 Å². The zero-order valence-corrected chi connectivity index (χ0v) is 8.54. The standard InChI is InChI=1S/C7H4ClF3O3S/c8-15(13,14)2-3-1-4(9)5(10)6(11)7(3)12/h1,12H,2H2. The van der Waals surface area contributed by atoms with Crippen LogP contribution in [0.5, 0.6) is 5.75 Å². The van der Waals surface area contributed by atoms with Crippen molar-refractivity contribution < 1.29 is 26.7 Å². The first kappa shape index (κ1) is 12.1. The summed E-state index contributed by atoms with van der Waals surface area (Å²) in [5.74, 6) is -7.57. The zero-order valence-electron chi connectivity index (χ0n) is 6.97. The molecule has 0 spiro atoms. The van der Waals surface area contributed by atoms with Crippen molar-refractivity contribution in [3.05, 3.63) is 29.1 Å². The molecule has 3 nitrogen and oxygen atoms in total. The number of hydrogen-bond donors (Lipinski definition) is 1. The maximum absolute atomic E-state index is 12.7. The van der Waals surface area contributed by atoms with Crippen LogP contribution < -0.4 is 0 Å². The molecular weight excluding hydrogens is 257 g/mol. The summed E-state index contributed by atoms with van der Waals surface area (Å²) in [7, 11) is 0.717. The van der Waals surface area contributed by atoms with Gasteiger partial charge in [0.2, 0.25) is 14.9 Å². The Kier molecular flexibility index (Phi) is 3.15. The van der Waals surface area contributed by atoms with Gasteiger partial charge in [0.15, 0.2) is 17.4 Å². The molecule has 0 aliphatic carbocycles. The van der Waals surface area contributed by atoms with Crippen LogP contribution in [0.4, 0.5) is 13.2 Å². The quantitative estimate of drug-likeness (QED) is 0.652. The summed E-state index contributed by atoms with van der Waals surface area (Å²) in [6, 6.07) is 0.369. The van der Waals surface area contributed by atoms with E-state index in [0.29, 0.717) is 6.07 Å². The molecule has 84 valence electrons. The minimum Gasteiger partial charge on any atom is -0.505 e. The van der Waals surface area contributed by atoms with Crippen LogP contribution in [-0.4, -0.2) is 13.5 Å². The third kappa shape index (κ3) is 2.75. The van der Waals surface area contributed by atoms with Crippen LogP contribution in [0.15, 0.2) is 6.07 Å². The van der Waals surface area contributed by atoms with E-state index in [-0.39, 0.29) is 0 Å². The Morgan fingerprint density at radius 2 is 1.80 bits per heavy atom. The van der Waals surface area contributed by atoms with Crippen molar-refractivity contribution in [2.24, 2.45) is 0 Å². The zero-order chi connectivity index (χ0) is 11.8. The van der Waals surface area contributed by atoms with E-state index in [4.69, 9.17) is 15.8 Å². The van der Waals surface area contributed by atoms with Crippen molar-refractivity contribution in [2.45, 2.75) is 5.75 Å². The van der Waals surface area contributed by atoms with E-state index in [9.17, 15) is 21.6 Å². The molecule has 0 bridgehead atoms. The smallest absolute Gasteiger partial charge is 0.236 e. The highest BCUT2D eigenvalue weighted by Crippen LogP contribution is 2.28. The maximum Gasteiger partial charge on any atom is 0.236 e. The molecule has 15 heavy (non-hydrogen) atoms. The minimum absolute atomic E-state index is 0.369. The molecule has 0 radical (unpaired) electrons. The molecule has 0 fully saturated rings. The van der Waals surface area contributed by atoms with E-state index < -0.39 is 43.6 Å². The van der Waals surface area contributed by atoms with Gasteiger partial charge in [0.05, 0.1) is 5.75 Å². The molecule has 0 aromatic heterocycles. The summed E-state index contributed by atoms with van der Waals surface area (Å²) in [6.07, 6.45) is 0. The van der Waals surface area contributed by atoms with Crippen LogP contribution in [0, 0.1) is 17.5 Å². The van der Waals surface area contributed by atoms with Gasteiger partial charge in [-0.3, -0.25) is 0 Å². The lowest BCUT2D eigenvalue weighted by atomic mass is 10.2. The van der Waals surface area contributed by atoms with Gasteiger partial charge in [-0.1, -0.05) is 0 Å². The summed E-state index contributed by atoms with van der Waals surface area (Å²) >= 11 is 0. The number of aromatic hydroxyl groups is 1. The van der Waals surface area contributed by atoms with Crippen LogP contribution >= 0.6 is 10.7 Å². The lowest BCUT2D eigenvalue weighted by Crippen LogP contribution is -2.00. The average Bonchev–Trinajstić information content (AvgIpc) is 2.08. The second-order valence-corrected chi connectivity index (χ2v) is 5.45. The van der Waals surface area contributed by atoms with Crippen molar-refractivity contribution in [3.63, 3.8) is 0 Å². The first-order chi connectivity index (χ1) is 6.72. The molecule has 0 aliphatic rings. The SMILES string of the molecule is O=S(=O)(Cl)Cc1cc(F)c(F)c(F)c1O. The molecule has 0 saturated heterocycles. The van der Waals surface area contributed by atoms with Crippen LogP contribution in [-0.2, 0) is 14.8 Å². The van der Waals surface area contributed by atoms with Gasteiger partial charge in [-0.2, -0.15) is 4.39 Å². The van der Waals surface area contributed by atoms with Gasteiger partial charge >= 0.3 is 0 Å². The van der Waals surface area contributed by atoms with Gasteiger partial charge in [-0.05, 0) is 6.07 Å². The fraction of sp³-hybridized carbons (Fsp3) is 0.143. The van der Waals surface area contributed by atoms with Gasteiger partial charge < -0.3 is 5.11 Å².